The van der Waals surface area contributed by atoms with Crippen LogP contribution in [-0.4, -0.2) is 23.1 Å². The number of rotatable bonds is 1. The third-order valence-electron chi connectivity index (χ3n) is 1.50. The van der Waals surface area contributed by atoms with Crippen LogP contribution in [0.2, 0.25) is 0 Å². The minimum Gasteiger partial charge on any atom is -0.479 e. The Labute approximate surface area is 57.8 Å². The fraction of sp³-hybridized carbons (Fsp3) is 0.667. The van der Waals surface area contributed by atoms with Gasteiger partial charge in [0.2, 0.25) is 0 Å². The quantitative estimate of drug-likeness (QED) is 0.527. The summed E-state index contributed by atoms with van der Waals surface area (Å²) in [6.07, 6.45) is -0.615. The van der Waals surface area contributed by atoms with Crippen LogP contribution in [0, 0.1) is 5.92 Å². The van der Waals surface area contributed by atoms with Crippen molar-refractivity contribution in [3.05, 3.63) is 0 Å². The first-order valence-electron chi connectivity index (χ1n) is 3.04. The molecule has 1 N–H and O–H groups in total. The van der Waals surface area contributed by atoms with Gasteiger partial charge in [-0.3, -0.25) is 4.79 Å². The number of carboxylic acid groups (broad SMARTS) is 1. The number of ether oxygens (including phenoxy) is 1. The Bertz CT molecular complexity index is 175. The van der Waals surface area contributed by atoms with Gasteiger partial charge in [0.25, 0.3) is 0 Å². The van der Waals surface area contributed by atoms with E-state index in [1.165, 1.54) is 0 Å². The maximum Gasteiger partial charge on any atom is 0.345 e. The van der Waals surface area contributed by atoms with Crippen molar-refractivity contribution in [1.29, 1.82) is 0 Å². The van der Waals surface area contributed by atoms with Crippen molar-refractivity contribution in [3.63, 3.8) is 0 Å². The van der Waals surface area contributed by atoms with Crippen molar-refractivity contribution in [2.45, 2.75) is 19.4 Å². The number of hydrogen-bond acceptors (Lipinski definition) is 3. The Morgan fingerprint density at radius 2 is 2.40 bits per heavy atom. The average molecular weight is 144 g/mol. The fourth-order valence-electron chi connectivity index (χ4n) is 0.873. The molecule has 0 aliphatic carbocycles. The molecule has 4 nitrogen and oxygen atoms in total. The Kier molecular flexibility index (Phi) is 1.61. The molecular weight excluding hydrogens is 136 g/mol. The first kappa shape index (κ1) is 7.05. The highest BCUT2D eigenvalue weighted by Crippen LogP contribution is 2.19. The van der Waals surface area contributed by atoms with Crippen molar-refractivity contribution < 1.29 is 19.4 Å². The minimum atomic E-state index is -1.06. The van der Waals surface area contributed by atoms with Crippen LogP contribution in [0.15, 0.2) is 0 Å². The van der Waals surface area contributed by atoms with E-state index < -0.39 is 18.0 Å². The van der Waals surface area contributed by atoms with Gasteiger partial charge in [0, 0.05) is 6.42 Å². The smallest absolute Gasteiger partial charge is 0.345 e. The summed E-state index contributed by atoms with van der Waals surface area (Å²) in [5.41, 5.74) is 0. The van der Waals surface area contributed by atoms with E-state index in [-0.39, 0.29) is 5.92 Å². The summed E-state index contributed by atoms with van der Waals surface area (Å²) in [5.74, 6) is -1.73. The Balaban J connectivity index is 2.57. The molecule has 0 aromatic carbocycles. The molecule has 1 rings (SSSR count). The molecule has 1 saturated heterocycles. The molecule has 2 atom stereocenters. The fourth-order valence-corrected chi connectivity index (χ4v) is 0.873. The predicted octanol–water partition coefficient (Wildman–Crippen LogP) is 0.0226. The Morgan fingerprint density at radius 1 is 1.80 bits per heavy atom. The second kappa shape index (κ2) is 2.28. The van der Waals surface area contributed by atoms with Crippen molar-refractivity contribution in [2.24, 2.45) is 5.92 Å². The van der Waals surface area contributed by atoms with Gasteiger partial charge in [0.15, 0.2) is 6.10 Å². The Hall–Kier alpha value is -1.06. The first-order valence-corrected chi connectivity index (χ1v) is 3.04. The standard InChI is InChI=1S/C6H8O4/c1-3-2-4(5(7)8)10-6(3)9/h3-4H,2H2,1H3,(H,7,8)/t3-,4+/m0/s1. The van der Waals surface area contributed by atoms with E-state index in [0.717, 1.165) is 0 Å². The van der Waals surface area contributed by atoms with E-state index in [1.54, 1.807) is 6.92 Å². The molecule has 4 heteroatoms. The van der Waals surface area contributed by atoms with E-state index in [9.17, 15) is 9.59 Å². The zero-order valence-corrected chi connectivity index (χ0v) is 5.53. The topological polar surface area (TPSA) is 63.6 Å². The summed E-state index contributed by atoms with van der Waals surface area (Å²) in [6, 6.07) is 0. The van der Waals surface area contributed by atoms with E-state index in [4.69, 9.17) is 5.11 Å². The highest BCUT2D eigenvalue weighted by Gasteiger charge is 2.35. The molecule has 56 valence electrons. The molecule has 1 fully saturated rings. The molecule has 0 amide bonds. The highest BCUT2D eigenvalue weighted by molar-refractivity contribution is 5.82. The first-order chi connectivity index (χ1) is 4.61. The van der Waals surface area contributed by atoms with Crippen LogP contribution in [0.4, 0.5) is 0 Å². The molecule has 0 bridgehead atoms. The van der Waals surface area contributed by atoms with E-state index in [0.29, 0.717) is 6.42 Å². The lowest BCUT2D eigenvalue weighted by atomic mass is 10.1. The van der Waals surface area contributed by atoms with Crippen molar-refractivity contribution in [1.82, 2.24) is 0 Å². The minimum absolute atomic E-state index is 0.263. The highest BCUT2D eigenvalue weighted by atomic mass is 16.6. The summed E-state index contributed by atoms with van der Waals surface area (Å²) in [4.78, 5) is 20.8. The van der Waals surface area contributed by atoms with E-state index >= 15 is 0 Å². The van der Waals surface area contributed by atoms with Gasteiger partial charge in [-0.25, -0.2) is 4.79 Å². The summed E-state index contributed by atoms with van der Waals surface area (Å²) in [6.45, 7) is 1.66. The van der Waals surface area contributed by atoms with Crippen LogP contribution in [0.25, 0.3) is 0 Å². The van der Waals surface area contributed by atoms with Gasteiger partial charge in [-0.1, -0.05) is 6.92 Å². The molecule has 1 aliphatic heterocycles. The number of cyclic esters (lactones) is 1. The van der Waals surface area contributed by atoms with Gasteiger partial charge in [-0.2, -0.15) is 0 Å². The van der Waals surface area contributed by atoms with Crippen LogP contribution in [0.5, 0.6) is 0 Å². The number of carbonyl (C=O) groups excluding carboxylic acids is 1. The van der Waals surface area contributed by atoms with Gasteiger partial charge in [-0.05, 0) is 0 Å². The number of carboxylic acids is 1. The van der Waals surface area contributed by atoms with Gasteiger partial charge >= 0.3 is 11.9 Å². The molecule has 0 aromatic rings. The predicted molar refractivity (Wildman–Crippen MR) is 31.3 cm³/mol. The SMILES string of the molecule is C[C@H]1C[C@H](C(=O)O)OC1=O. The van der Waals surface area contributed by atoms with Crippen LogP contribution < -0.4 is 0 Å². The van der Waals surface area contributed by atoms with E-state index in [1.807, 2.05) is 0 Å². The molecule has 0 saturated carbocycles. The molecule has 0 radical (unpaired) electrons. The molecule has 0 aromatic heterocycles. The van der Waals surface area contributed by atoms with Crippen molar-refractivity contribution >= 4 is 11.9 Å². The number of hydrogen-bond donors (Lipinski definition) is 1. The Morgan fingerprint density at radius 3 is 2.60 bits per heavy atom. The van der Waals surface area contributed by atoms with Gasteiger partial charge < -0.3 is 9.84 Å². The lowest BCUT2D eigenvalue weighted by Gasteiger charge is -1.99. The largest absolute Gasteiger partial charge is 0.479 e. The van der Waals surface area contributed by atoms with E-state index in [2.05, 4.69) is 4.74 Å². The second-order valence-electron chi connectivity index (χ2n) is 2.40. The summed E-state index contributed by atoms with van der Waals surface area (Å²) >= 11 is 0. The number of aliphatic carboxylic acids is 1. The molecule has 0 spiro atoms. The number of esters is 1. The van der Waals surface area contributed by atoms with Gasteiger partial charge in [0.05, 0.1) is 5.92 Å². The third-order valence-corrected chi connectivity index (χ3v) is 1.50. The maximum absolute atomic E-state index is 10.6. The summed E-state index contributed by atoms with van der Waals surface area (Å²) in [7, 11) is 0. The van der Waals surface area contributed by atoms with Crippen molar-refractivity contribution in [3.8, 4) is 0 Å². The van der Waals surface area contributed by atoms with Crippen LogP contribution in [-0.2, 0) is 14.3 Å². The lowest BCUT2D eigenvalue weighted by Crippen LogP contribution is -2.18. The lowest BCUT2D eigenvalue weighted by molar-refractivity contribution is -0.157. The van der Waals surface area contributed by atoms with Crippen LogP contribution in [0.3, 0.4) is 0 Å². The zero-order valence-electron chi connectivity index (χ0n) is 5.53. The maximum atomic E-state index is 10.6. The monoisotopic (exact) mass is 144 g/mol. The summed E-state index contributed by atoms with van der Waals surface area (Å²) in [5, 5.41) is 8.37. The number of carbonyl (C=O) groups is 2. The third kappa shape index (κ3) is 1.10. The molecule has 10 heavy (non-hydrogen) atoms. The molecular formula is C6H8O4. The normalized spacial score (nSPS) is 31.9. The van der Waals surface area contributed by atoms with Crippen LogP contribution >= 0.6 is 0 Å². The second-order valence-corrected chi connectivity index (χ2v) is 2.40. The molecule has 1 aliphatic rings. The van der Waals surface area contributed by atoms with Gasteiger partial charge in [-0.15, -0.1) is 0 Å². The van der Waals surface area contributed by atoms with Gasteiger partial charge in [0.1, 0.15) is 0 Å². The molecule has 1 heterocycles. The average Bonchev–Trinajstić information content (AvgIpc) is 2.13. The van der Waals surface area contributed by atoms with Crippen molar-refractivity contribution in [2.75, 3.05) is 0 Å². The summed E-state index contributed by atoms with van der Waals surface area (Å²) < 4.78 is 4.50. The zero-order chi connectivity index (χ0) is 7.72. The van der Waals surface area contributed by atoms with Crippen LogP contribution in [0.1, 0.15) is 13.3 Å². The molecule has 0 unspecified atom stereocenters.